The molecule has 0 saturated carbocycles. The highest BCUT2D eigenvalue weighted by molar-refractivity contribution is 5.72. The summed E-state index contributed by atoms with van der Waals surface area (Å²) in [6.07, 6.45) is -0.809. The molecule has 1 aromatic carbocycles. The van der Waals surface area contributed by atoms with Gasteiger partial charge in [0.2, 0.25) is 0 Å². The second kappa shape index (κ2) is 4.09. The zero-order valence-electron chi connectivity index (χ0n) is 8.51. The van der Waals surface area contributed by atoms with Crippen molar-refractivity contribution >= 4 is 11.1 Å². The summed E-state index contributed by atoms with van der Waals surface area (Å²) in [6.45, 7) is 0.0844. The third-order valence-corrected chi connectivity index (χ3v) is 2.48. The number of fused-ring (bicyclic) bond motifs is 1. The Morgan fingerprint density at radius 1 is 1.50 bits per heavy atom. The summed E-state index contributed by atoms with van der Waals surface area (Å²) in [5.74, 6) is -0.514. The lowest BCUT2D eigenvalue weighted by atomic mass is 10.0. The minimum absolute atomic E-state index is 0.0844. The summed E-state index contributed by atoms with van der Waals surface area (Å²) in [4.78, 5) is 13.5. The van der Waals surface area contributed by atoms with Crippen LogP contribution >= 0.6 is 0 Å². The minimum Gasteiger partial charge on any atom is -0.408 e. The molecule has 0 bridgehead atoms. The Bertz CT molecular complexity index is 545. The first kappa shape index (κ1) is 10.9. The molecule has 0 radical (unpaired) electrons. The highest BCUT2D eigenvalue weighted by atomic mass is 16.4. The van der Waals surface area contributed by atoms with E-state index in [2.05, 4.69) is 4.98 Å². The molecule has 0 amide bonds. The lowest BCUT2D eigenvalue weighted by Crippen LogP contribution is -2.32. The summed E-state index contributed by atoms with van der Waals surface area (Å²) in [7, 11) is 0. The van der Waals surface area contributed by atoms with Crippen LogP contribution in [-0.2, 0) is 0 Å². The van der Waals surface area contributed by atoms with Gasteiger partial charge in [0.25, 0.3) is 0 Å². The number of oxazole rings is 1. The van der Waals surface area contributed by atoms with Crippen LogP contribution in [0.25, 0.3) is 11.1 Å². The van der Waals surface area contributed by atoms with E-state index in [0.717, 1.165) is 0 Å². The van der Waals surface area contributed by atoms with E-state index in [-0.39, 0.29) is 6.54 Å². The van der Waals surface area contributed by atoms with Gasteiger partial charge < -0.3 is 21.0 Å². The lowest BCUT2D eigenvalue weighted by molar-refractivity contribution is 0.153. The number of H-pyrrole nitrogens is 1. The van der Waals surface area contributed by atoms with E-state index < -0.39 is 17.9 Å². The third-order valence-electron chi connectivity index (χ3n) is 2.48. The van der Waals surface area contributed by atoms with Gasteiger partial charge in [-0.15, -0.1) is 0 Å². The van der Waals surface area contributed by atoms with Crippen molar-refractivity contribution in [3.05, 3.63) is 34.3 Å². The van der Waals surface area contributed by atoms with Crippen molar-refractivity contribution in [2.75, 3.05) is 6.54 Å². The highest BCUT2D eigenvalue weighted by Crippen LogP contribution is 2.18. The number of aromatic nitrogens is 1. The van der Waals surface area contributed by atoms with Crippen molar-refractivity contribution < 1.29 is 9.52 Å². The number of hydrogen-bond acceptors (Lipinski definition) is 5. The number of aliphatic hydroxyl groups is 1. The summed E-state index contributed by atoms with van der Waals surface area (Å²) >= 11 is 0. The molecular weight excluding hydrogens is 210 g/mol. The molecule has 6 N–H and O–H groups in total. The Kier molecular flexibility index (Phi) is 2.78. The van der Waals surface area contributed by atoms with Gasteiger partial charge in [-0.1, -0.05) is 6.07 Å². The monoisotopic (exact) mass is 223 g/mol. The molecule has 1 heterocycles. The van der Waals surface area contributed by atoms with Crippen LogP contribution in [0.1, 0.15) is 11.6 Å². The minimum atomic E-state index is -0.809. The number of aromatic amines is 1. The first-order valence-electron chi connectivity index (χ1n) is 4.88. The molecule has 0 saturated heterocycles. The number of nitrogens with two attached hydrogens (primary N) is 2. The second-order valence-corrected chi connectivity index (χ2v) is 3.60. The zero-order chi connectivity index (χ0) is 11.7. The van der Waals surface area contributed by atoms with E-state index in [0.29, 0.717) is 16.7 Å². The summed E-state index contributed by atoms with van der Waals surface area (Å²) in [6, 6.07) is 4.42. The molecule has 6 nitrogen and oxygen atoms in total. The van der Waals surface area contributed by atoms with Gasteiger partial charge in [-0.25, -0.2) is 4.79 Å². The molecular formula is C10H13N3O3. The molecule has 0 spiro atoms. The smallest absolute Gasteiger partial charge is 0.408 e. The first-order chi connectivity index (χ1) is 7.61. The third kappa shape index (κ3) is 1.85. The summed E-state index contributed by atoms with van der Waals surface area (Å²) in [5.41, 5.74) is 12.8. The average molecular weight is 223 g/mol. The molecule has 2 unspecified atom stereocenters. The standard InChI is InChI=1S/C10H13N3O3/c11-4-7(14)9(12)5-1-2-8-6(3-5)13-10(15)16-8/h1-3,7,9,14H,4,11-12H2,(H,13,15). The van der Waals surface area contributed by atoms with Gasteiger partial charge in [-0.2, -0.15) is 0 Å². The Morgan fingerprint density at radius 3 is 2.94 bits per heavy atom. The molecule has 2 rings (SSSR count). The number of aliphatic hydroxyl groups excluding tert-OH is 1. The maximum Gasteiger partial charge on any atom is 0.417 e. The Hall–Kier alpha value is -1.63. The zero-order valence-corrected chi connectivity index (χ0v) is 8.51. The van der Waals surface area contributed by atoms with Gasteiger partial charge in [0.1, 0.15) is 0 Å². The number of hydrogen-bond donors (Lipinski definition) is 4. The quantitative estimate of drug-likeness (QED) is 0.556. The Labute approximate surface area is 90.9 Å². The molecule has 1 aromatic heterocycles. The normalized spacial score (nSPS) is 15.2. The molecule has 0 aliphatic carbocycles. The van der Waals surface area contributed by atoms with E-state index in [1.807, 2.05) is 0 Å². The fraction of sp³-hybridized carbons (Fsp3) is 0.300. The van der Waals surface area contributed by atoms with Crippen LogP contribution in [0.4, 0.5) is 0 Å². The van der Waals surface area contributed by atoms with Crippen molar-refractivity contribution in [2.24, 2.45) is 11.5 Å². The van der Waals surface area contributed by atoms with Crippen LogP contribution < -0.4 is 17.2 Å². The molecule has 16 heavy (non-hydrogen) atoms. The van der Waals surface area contributed by atoms with Crippen LogP contribution in [0.5, 0.6) is 0 Å². The van der Waals surface area contributed by atoms with Crippen LogP contribution in [0.15, 0.2) is 27.4 Å². The van der Waals surface area contributed by atoms with Crippen molar-refractivity contribution in [2.45, 2.75) is 12.1 Å². The number of nitrogens with one attached hydrogen (secondary N) is 1. The fourth-order valence-corrected chi connectivity index (χ4v) is 1.55. The predicted octanol–water partition coefficient (Wildman–Crippen LogP) is -0.559. The van der Waals surface area contributed by atoms with Gasteiger partial charge in [-0.3, -0.25) is 4.98 Å². The molecule has 0 fully saturated rings. The SMILES string of the molecule is NCC(O)C(N)c1ccc2oc(=O)[nH]c2c1. The highest BCUT2D eigenvalue weighted by Gasteiger charge is 2.16. The van der Waals surface area contributed by atoms with E-state index in [4.69, 9.17) is 15.9 Å². The van der Waals surface area contributed by atoms with E-state index in [9.17, 15) is 9.90 Å². The Morgan fingerprint density at radius 2 is 2.25 bits per heavy atom. The van der Waals surface area contributed by atoms with E-state index >= 15 is 0 Å². The van der Waals surface area contributed by atoms with Crippen molar-refractivity contribution in [1.29, 1.82) is 0 Å². The Balaban J connectivity index is 2.42. The number of benzene rings is 1. The van der Waals surface area contributed by atoms with Crippen molar-refractivity contribution in [3.8, 4) is 0 Å². The van der Waals surface area contributed by atoms with Gasteiger partial charge >= 0.3 is 5.76 Å². The first-order valence-corrected chi connectivity index (χ1v) is 4.88. The maximum absolute atomic E-state index is 10.9. The fourth-order valence-electron chi connectivity index (χ4n) is 1.55. The molecule has 6 heteroatoms. The van der Waals surface area contributed by atoms with Gasteiger partial charge in [0, 0.05) is 6.54 Å². The van der Waals surface area contributed by atoms with Gasteiger partial charge in [0.15, 0.2) is 5.58 Å². The molecule has 2 atom stereocenters. The van der Waals surface area contributed by atoms with E-state index in [1.165, 1.54) is 0 Å². The molecule has 86 valence electrons. The number of rotatable bonds is 3. The predicted molar refractivity (Wildman–Crippen MR) is 58.8 cm³/mol. The summed E-state index contributed by atoms with van der Waals surface area (Å²) in [5, 5.41) is 9.51. The molecule has 2 aromatic rings. The lowest BCUT2D eigenvalue weighted by Gasteiger charge is -2.17. The van der Waals surface area contributed by atoms with Crippen LogP contribution in [-0.4, -0.2) is 22.7 Å². The van der Waals surface area contributed by atoms with Crippen molar-refractivity contribution in [1.82, 2.24) is 4.98 Å². The topological polar surface area (TPSA) is 118 Å². The maximum atomic E-state index is 10.9. The van der Waals surface area contributed by atoms with E-state index in [1.54, 1.807) is 18.2 Å². The summed E-state index contributed by atoms with van der Waals surface area (Å²) < 4.78 is 4.85. The van der Waals surface area contributed by atoms with Crippen LogP contribution in [0.3, 0.4) is 0 Å². The molecule has 0 aliphatic heterocycles. The van der Waals surface area contributed by atoms with Crippen LogP contribution in [0, 0.1) is 0 Å². The van der Waals surface area contributed by atoms with Crippen molar-refractivity contribution in [3.63, 3.8) is 0 Å². The van der Waals surface area contributed by atoms with Gasteiger partial charge in [-0.05, 0) is 17.7 Å². The molecule has 0 aliphatic rings. The largest absolute Gasteiger partial charge is 0.417 e. The van der Waals surface area contributed by atoms with Crippen LogP contribution in [0.2, 0.25) is 0 Å². The second-order valence-electron chi connectivity index (χ2n) is 3.60. The van der Waals surface area contributed by atoms with Gasteiger partial charge in [0.05, 0.1) is 17.7 Å². The average Bonchev–Trinajstić information content (AvgIpc) is 2.65.